The van der Waals surface area contributed by atoms with E-state index >= 15 is 0 Å². The first-order chi connectivity index (χ1) is 21.7. The molecule has 0 spiro atoms. The molecular weight excluding hydrogens is 582 g/mol. The third-order valence-electron chi connectivity index (χ3n) is 7.73. The standard InChI is InChI=1S/C18H16FNO3.C17H14FNO3/c1-23-18(22)16-7-3-6-15(20-16)13-5-2-4-12(13)14-10-11(19)8-9-17(14)21;18-10-7-8-16(20)13(9-10)11-3-1-4-12(11)14-5-2-6-15(19-14)17(21)22/h3,6-10,21H,2,4-5H2,1H3;2,5-9,20H,1,3-4H2,(H,21,22). The number of esters is 1. The second-order valence-corrected chi connectivity index (χ2v) is 10.6. The van der Waals surface area contributed by atoms with Crippen molar-refractivity contribution in [2.75, 3.05) is 7.11 Å². The lowest BCUT2D eigenvalue weighted by Gasteiger charge is -2.10. The SMILES string of the molecule is COC(=O)c1cccc(C2=C(c3cc(F)ccc3O)CCC2)n1.O=C(O)c1cccc(C2=C(c3cc(F)ccc3O)CCC2)n1. The van der Waals surface area contributed by atoms with E-state index in [4.69, 9.17) is 9.84 Å². The van der Waals surface area contributed by atoms with Crippen molar-refractivity contribution in [2.24, 2.45) is 0 Å². The molecule has 0 atom stereocenters. The Kier molecular flexibility index (Phi) is 9.32. The zero-order chi connectivity index (χ0) is 32.1. The fraction of sp³-hybridized carbons (Fsp3) is 0.200. The van der Waals surface area contributed by atoms with Gasteiger partial charge in [-0.1, -0.05) is 12.1 Å². The maximum Gasteiger partial charge on any atom is 0.356 e. The Morgan fingerprint density at radius 1 is 0.667 bits per heavy atom. The lowest BCUT2D eigenvalue weighted by molar-refractivity contribution is 0.0593. The van der Waals surface area contributed by atoms with Gasteiger partial charge in [0.2, 0.25) is 0 Å². The number of carbonyl (C=O) groups excluding carboxylic acids is 1. The largest absolute Gasteiger partial charge is 0.507 e. The van der Waals surface area contributed by atoms with Gasteiger partial charge in [-0.2, -0.15) is 0 Å². The van der Waals surface area contributed by atoms with Gasteiger partial charge in [-0.25, -0.2) is 28.3 Å². The van der Waals surface area contributed by atoms with E-state index < -0.39 is 23.6 Å². The fourth-order valence-electron chi connectivity index (χ4n) is 5.69. The van der Waals surface area contributed by atoms with Crippen LogP contribution in [0.3, 0.4) is 0 Å². The minimum atomic E-state index is -1.09. The second kappa shape index (κ2) is 13.5. The first-order valence-corrected chi connectivity index (χ1v) is 14.3. The number of carboxylic acids is 1. The van der Waals surface area contributed by atoms with E-state index in [-0.39, 0.29) is 22.9 Å². The number of aromatic carboxylic acids is 1. The summed E-state index contributed by atoms with van der Waals surface area (Å²) in [6, 6.07) is 17.7. The van der Waals surface area contributed by atoms with Crippen molar-refractivity contribution in [3.63, 3.8) is 0 Å². The Hall–Kier alpha value is -5.38. The minimum Gasteiger partial charge on any atom is -0.507 e. The average molecular weight is 613 g/mol. The number of carboxylic acid groups (broad SMARTS) is 1. The number of phenols is 2. The van der Waals surface area contributed by atoms with Gasteiger partial charge < -0.3 is 20.1 Å². The Bertz CT molecular complexity index is 1850. The van der Waals surface area contributed by atoms with Crippen LogP contribution in [0.1, 0.15) is 82.0 Å². The Morgan fingerprint density at radius 2 is 1.11 bits per heavy atom. The number of nitrogens with zero attached hydrogens (tertiary/aromatic N) is 2. The highest BCUT2D eigenvalue weighted by Gasteiger charge is 2.23. The van der Waals surface area contributed by atoms with E-state index in [9.17, 15) is 28.6 Å². The minimum absolute atomic E-state index is 0.0187. The lowest BCUT2D eigenvalue weighted by atomic mass is 9.99. The van der Waals surface area contributed by atoms with Crippen molar-refractivity contribution in [3.8, 4) is 11.5 Å². The highest BCUT2D eigenvalue weighted by atomic mass is 19.1. The van der Waals surface area contributed by atoms with Gasteiger partial charge >= 0.3 is 11.9 Å². The number of methoxy groups -OCH3 is 1. The number of aromatic hydroxyl groups is 2. The molecule has 0 aliphatic heterocycles. The van der Waals surface area contributed by atoms with Crippen LogP contribution in [0.4, 0.5) is 8.78 Å². The molecule has 4 aromatic rings. The average Bonchev–Trinajstić information content (AvgIpc) is 3.74. The number of allylic oxidation sites excluding steroid dienone is 4. The van der Waals surface area contributed by atoms with Crippen LogP contribution in [0.25, 0.3) is 22.3 Å². The van der Waals surface area contributed by atoms with Gasteiger partial charge in [-0.05, 0) is 121 Å². The van der Waals surface area contributed by atoms with Crippen LogP contribution in [0.15, 0.2) is 72.8 Å². The predicted octanol–water partition coefficient (Wildman–Crippen LogP) is 7.53. The molecule has 0 saturated carbocycles. The van der Waals surface area contributed by atoms with Gasteiger partial charge in [0.1, 0.15) is 34.5 Å². The summed E-state index contributed by atoms with van der Waals surface area (Å²) in [5.41, 5.74) is 5.86. The highest BCUT2D eigenvalue weighted by Crippen LogP contribution is 2.43. The van der Waals surface area contributed by atoms with Gasteiger partial charge in [0, 0.05) is 11.1 Å². The number of benzene rings is 2. The number of aromatic nitrogens is 2. The number of rotatable bonds is 6. The number of ether oxygens (including phenoxy) is 1. The molecule has 0 radical (unpaired) electrons. The number of hydrogen-bond donors (Lipinski definition) is 3. The maximum atomic E-state index is 13.5. The summed E-state index contributed by atoms with van der Waals surface area (Å²) >= 11 is 0. The summed E-state index contributed by atoms with van der Waals surface area (Å²) in [7, 11) is 1.31. The molecule has 8 nitrogen and oxygen atoms in total. The molecule has 2 heterocycles. The summed E-state index contributed by atoms with van der Waals surface area (Å²) in [4.78, 5) is 31.2. The summed E-state index contributed by atoms with van der Waals surface area (Å²) in [5, 5.41) is 29.1. The molecule has 0 saturated heterocycles. The summed E-state index contributed by atoms with van der Waals surface area (Å²) in [6.45, 7) is 0. The fourth-order valence-corrected chi connectivity index (χ4v) is 5.69. The van der Waals surface area contributed by atoms with Gasteiger partial charge in [0.15, 0.2) is 0 Å². The number of carbonyl (C=O) groups is 2. The third-order valence-corrected chi connectivity index (χ3v) is 7.73. The number of phenolic OH excluding ortho intramolecular Hbond substituents is 2. The molecule has 2 aromatic carbocycles. The van der Waals surface area contributed by atoms with Crippen LogP contribution < -0.4 is 0 Å². The Labute approximate surface area is 258 Å². The molecule has 6 rings (SSSR count). The molecule has 2 aliphatic carbocycles. The van der Waals surface area contributed by atoms with Gasteiger partial charge in [-0.15, -0.1) is 0 Å². The zero-order valence-corrected chi connectivity index (χ0v) is 24.4. The van der Waals surface area contributed by atoms with Crippen LogP contribution in [-0.2, 0) is 4.74 Å². The number of halogens is 2. The van der Waals surface area contributed by atoms with E-state index in [0.29, 0.717) is 28.9 Å². The van der Waals surface area contributed by atoms with Gasteiger partial charge in [0.05, 0.1) is 18.5 Å². The first kappa shape index (κ1) is 31.1. The summed E-state index contributed by atoms with van der Waals surface area (Å²) < 4.78 is 31.7. The summed E-state index contributed by atoms with van der Waals surface area (Å²) in [6.07, 6.45) is 4.68. The first-order valence-electron chi connectivity index (χ1n) is 14.3. The summed E-state index contributed by atoms with van der Waals surface area (Å²) in [5.74, 6) is -2.34. The van der Waals surface area contributed by atoms with Crippen molar-refractivity contribution in [1.29, 1.82) is 0 Å². The Morgan fingerprint density at radius 3 is 1.58 bits per heavy atom. The van der Waals surface area contributed by atoms with Gasteiger partial charge in [-0.3, -0.25) is 0 Å². The normalized spacial score (nSPS) is 14.3. The number of hydrogen-bond acceptors (Lipinski definition) is 7. The van der Waals surface area contributed by atoms with E-state index in [1.54, 1.807) is 24.3 Å². The van der Waals surface area contributed by atoms with E-state index in [1.165, 1.54) is 49.6 Å². The van der Waals surface area contributed by atoms with E-state index in [0.717, 1.165) is 54.4 Å². The molecule has 0 fully saturated rings. The van der Waals surface area contributed by atoms with Gasteiger partial charge in [0.25, 0.3) is 0 Å². The van der Waals surface area contributed by atoms with Crippen molar-refractivity contribution < 1.29 is 38.4 Å². The smallest absolute Gasteiger partial charge is 0.356 e. The Balaban J connectivity index is 0.000000178. The van der Waals surface area contributed by atoms with Crippen molar-refractivity contribution >= 4 is 34.2 Å². The van der Waals surface area contributed by atoms with Crippen LogP contribution >= 0.6 is 0 Å². The maximum absolute atomic E-state index is 13.5. The molecule has 230 valence electrons. The molecule has 0 unspecified atom stereocenters. The number of pyridine rings is 2. The van der Waals surface area contributed by atoms with Crippen molar-refractivity contribution in [1.82, 2.24) is 9.97 Å². The van der Waals surface area contributed by atoms with Crippen LogP contribution in [0.5, 0.6) is 11.5 Å². The lowest BCUT2D eigenvalue weighted by Crippen LogP contribution is -2.05. The predicted molar refractivity (Wildman–Crippen MR) is 164 cm³/mol. The molecule has 10 heteroatoms. The quantitative estimate of drug-likeness (QED) is 0.191. The molecule has 2 aromatic heterocycles. The second-order valence-electron chi connectivity index (χ2n) is 10.6. The van der Waals surface area contributed by atoms with Crippen LogP contribution in [0, 0.1) is 11.6 Å². The van der Waals surface area contributed by atoms with Crippen molar-refractivity contribution in [3.05, 3.63) is 118 Å². The third kappa shape index (κ3) is 6.90. The van der Waals surface area contributed by atoms with Crippen molar-refractivity contribution in [2.45, 2.75) is 38.5 Å². The molecular formula is C35H30F2N2O6. The molecule has 0 bridgehead atoms. The molecule has 45 heavy (non-hydrogen) atoms. The topological polar surface area (TPSA) is 130 Å². The highest BCUT2D eigenvalue weighted by molar-refractivity contribution is 5.95. The molecule has 3 N–H and O–H groups in total. The van der Waals surface area contributed by atoms with Crippen LogP contribution in [0.2, 0.25) is 0 Å². The van der Waals surface area contributed by atoms with Crippen LogP contribution in [-0.4, -0.2) is 44.3 Å². The zero-order valence-electron chi connectivity index (χ0n) is 24.4. The monoisotopic (exact) mass is 612 g/mol. The molecule has 0 amide bonds. The molecule has 2 aliphatic rings. The van der Waals surface area contributed by atoms with E-state index in [1.807, 2.05) is 6.07 Å². The van der Waals surface area contributed by atoms with E-state index in [2.05, 4.69) is 9.97 Å².